The molecule has 124 valence electrons. The minimum Gasteiger partial charge on any atom is -0.396 e. The summed E-state index contributed by atoms with van der Waals surface area (Å²) in [5.41, 5.74) is 0.423. The van der Waals surface area contributed by atoms with Gasteiger partial charge in [0, 0.05) is 37.3 Å². The summed E-state index contributed by atoms with van der Waals surface area (Å²) < 4.78 is 5.83. The number of piperidine rings is 1. The quantitative estimate of drug-likeness (QED) is 0.813. The lowest BCUT2D eigenvalue weighted by atomic mass is 9.80. The van der Waals surface area contributed by atoms with Gasteiger partial charge in [0.2, 0.25) is 0 Å². The lowest BCUT2D eigenvalue weighted by Crippen LogP contribution is -2.53. The summed E-state index contributed by atoms with van der Waals surface area (Å²) in [7, 11) is 0. The Morgan fingerprint density at radius 3 is 2.52 bits per heavy atom. The molecule has 0 aromatic carbocycles. The van der Waals surface area contributed by atoms with Crippen LogP contribution in [-0.2, 0) is 4.74 Å². The number of nitrogens with zero attached hydrogens (tertiary/aromatic N) is 1. The maximum atomic E-state index is 9.27. The summed E-state index contributed by atoms with van der Waals surface area (Å²) in [5.74, 6) is 0.521. The van der Waals surface area contributed by atoms with E-state index >= 15 is 0 Å². The molecular weight excluding hydrogens is 264 g/mol. The van der Waals surface area contributed by atoms with Crippen molar-refractivity contribution in [3.05, 3.63) is 0 Å². The van der Waals surface area contributed by atoms with Crippen molar-refractivity contribution in [1.29, 1.82) is 0 Å². The summed E-state index contributed by atoms with van der Waals surface area (Å²) in [6, 6.07) is 0. The molecule has 2 heterocycles. The van der Waals surface area contributed by atoms with Crippen LogP contribution in [0.4, 0.5) is 0 Å². The van der Waals surface area contributed by atoms with Gasteiger partial charge < -0.3 is 20.1 Å². The first kappa shape index (κ1) is 17.2. The van der Waals surface area contributed by atoms with Crippen molar-refractivity contribution in [3.63, 3.8) is 0 Å². The Morgan fingerprint density at radius 1 is 1.29 bits per heavy atom. The van der Waals surface area contributed by atoms with E-state index in [9.17, 15) is 5.11 Å². The smallest absolute Gasteiger partial charge is 0.0546 e. The van der Waals surface area contributed by atoms with E-state index in [1.54, 1.807) is 0 Å². The fourth-order valence-corrected chi connectivity index (χ4v) is 3.48. The van der Waals surface area contributed by atoms with Crippen LogP contribution in [0.3, 0.4) is 0 Å². The molecule has 0 amide bonds. The van der Waals surface area contributed by atoms with Crippen molar-refractivity contribution in [3.8, 4) is 0 Å². The van der Waals surface area contributed by atoms with Crippen molar-refractivity contribution in [2.75, 3.05) is 46.0 Å². The van der Waals surface area contributed by atoms with Crippen molar-refractivity contribution < 1.29 is 9.84 Å². The first-order valence-corrected chi connectivity index (χ1v) is 8.58. The molecule has 0 bridgehead atoms. The summed E-state index contributed by atoms with van der Waals surface area (Å²) in [6.07, 6.45) is 4.72. The fourth-order valence-electron chi connectivity index (χ4n) is 3.48. The van der Waals surface area contributed by atoms with Crippen LogP contribution in [0.15, 0.2) is 0 Å². The van der Waals surface area contributed by atoms with Gasteiger partial charge in [-0.15, -0.1) is 0 Å². The minimum absolute atomic E-state index is 0.161. The first-order chi connectivity index (χ1) is 9.92. The Hall–Kier alpha value is -0.160. The van der Waals surface area contributed by atoms with E-state index in [-0.39, 0.29) is 11.0 Å². The average Bonchev–Trinajstić information content (AvgIpc) is 2.46. The van der Waals surface area contributed by atoms with Gasteiger partial charge in [-0.05, 0) is 65.5 Å². The molecule has 0 aromatic rings. The summed E-state index contributed by atoms with van der Waals surface area (Å²) in [6.45, 7) is 13.3. The van der Waals surface area contributed by atoms with Crippen molar-refractivity contribution in [2.24, 2.45) is 11.3 Å². The molecule has 4 heteroatoms. The van der Waals surface area contributed by atoms with Gasteiger partial charge >= 0.3 is 0 Å². The van der Waals surface area contributed by atoms with Gasteiger partial charge in [0.15, 0.2) is 0 Å². The van der Waals surface area contributed by atoms with Crippen LogP contribution < -0.4 is 5.32 Å². The topological polar surface area (TPSA) is 44.7 Å². The van der Waals surface area contributed by atoms with Crippen LogP contribution >= 0.6 is 0 Å². The molecule has 0 spiro atoms. The van der Waals surface area contributed by atoms with Gasteiger partial charge in [-0.1, -0.05) is 0 Å². The second-order valence-electron chi connectivity index (χ2n) is 8.16. The van der Waals surface area contributed by atoms with E-state index in [4.69, 9.17) is 4.74 Å². The highest BCUT2D eigenvalue weighted by molar-refractivity contribution is 4.90. The molecule has 21 heavy (non-hydrogen) atoms. The maximum absolute atomic E-state index is 9.27. The maximum Gasteiger partial charge on any atom is 0.0546 e. The zero-order valence-corrected chi connectivity index (χ0v) is 14.2. The predicted octanol–water partition coefficient (Wildman–Crippen LogP) is 1.88. The second-order valence-corrected chi connectivity index (χ2v) is 8.16. The summed E-state index contributed by atoms with van der Waals surface area (Å²) >= 11 is 0. The van der Waals surface area contributed by atoms with E-state index in [1.165, 1.54) is 12.8 Å². The van der Waals surface area contributed by atoms with Gasteiger partial charge in [-0.25, -0.2) is 0 Å². The van der Waals surface area contributed by atoms with Gasteiger partial charge in [-0.3, -0.25) is 0 Å². The molecule has 4 nitrogen and oxygen atoms in total. The second kappa shape index (κ2) is 7.40. The van der Waals surface area contributed by atoms with Gasteiger partial charge in [-0.2, -0.15) is 0 Å². The minimum atomic E-state index is 0.161. The Balaban J connectivity index is 1.90. The molecule has 0 aromatic heterocycles. The van der Waals surface area contributed by atoms with E-state index in [2.05, 4.69) is 31.0 Å². The molecule has 2 saturated heterocycles. The predicted molar refractivity (Wildman–Crippen MR) is 86.5 cm³/mol. The van der Waals surface area contributed by atoms with E-state index in [0.717, 1.165) is 52.2 Å². The highest BCUT2D eigenvalue weighted by Gasteiger charge is 2.36. The van der Waals surface area contributed by atoms with E-state index in [0.29, 0.717) is 12.5 Å². The number of ether oxygens (including phenoxy) is 1. The van der Waals surface area contributed by atoms with Crippen molar-refractivity contribution >= 4 is 0 Å². The standard InChI is InChI=1S/C17H34N2O2/c1-16(2,3)18-12-17(7-4-10-21-14-17)13-19-8-5-15(11-20)6-9-19/h15,18,20H,4-14H2,1-3H3. The molecule has 2 fully saturated rings. The summed E-state index contributed by atoms with van der Waals surface area (Å²) in [5, 5.41) is 13.0. The van der Waals surface area contributed by atoms with Crippen LogP contribution in [0.2, 0.25) is 0 Å². The fraction of sp³-hybridized carbons (Fsp3) is 1.00. The van der Waals surface area contributed by atoms with Gasteiger partial charge in [0.1, 0.15) is 0 Å². The number of aliphatic hydroxyl groups excluding tert-OH is 1. The highest BCUT2D eigenvalue weighted by atomic mass is 16.5. The molecular formula is C17H34N2O2. The molecule has 0 saturated carbocycles. The lowest BCUT2D eigenvalue weighted by molar-refractivity contribution is -0.0343. The Bertz CT molecular complexity index is 300. The number of hydrogen-bond donors (Lipinski definition) is 2. The molecule has 2 aliphatic heterocycles. The van der Waals surface area contributed by atoms with Gasteiger partial charge in [0.25, 0.3) is 0 Å². The SMILES string of the molecule is CC(C)(C)NCC1(CN2CCC(CO)CC2)CCCOC1. The molecule has 1 unspecified atom stereocenters. The van der Waals surface area contributed by atoms with Crippen LogP contribution in [0.5, 0.6) is 0 Å². The molecule has 2 aliphatic rings. The Labute approximate surface area is 130 Å². The van der Waals surface area contributed by atoms with Crippen LogP contribution in [-0.4, -0.2) is 61.5 Å². The number of aliphatic hydroxyl groups is 1. The lowest BCUT2D eigenvalue weighted by Gasteiger charge is -2.44. The third kappa shape index (κ3) is 5.51. The molecule has 2 N–H and O–H groups in total. The van der Waals surface area contributed by atoms with Crippen molar-refractivity contribution in [2.45, 2.75) is 52.0 Å². The third-order valence-corrected chi connectivity index (χ3v) is 4.92. The molecule has 0 radical (unpaired) electrons. The monoisotopic (exact) mass is 298 g/mol. The Morgan fingerprint density at radius 2 is 2.00 bits per heavy atom. The van der Waals surface area contributed by atoms with Crippen LogP contribution in [0.1, 0.15) is 46.5 Å². The zero-order chi connectivity index (χ0) is 15.3. The number of nitrogens with one attached hydrogen (secondary N) is 1. The van der Waals surface area contributed by atoms with Gasteiger partial charge in [0.05, 0.1) is 6.61 Å². The Kier molecular flexibility index (Phi) is 6.06. The largest absolute Gasteiger partial charge is 0.396 e. The van der Waals surface area contributed by atoms with E-state index < -0.39 is 0 Å². The number of hydrogen-bond acceptors (Lipinski definition) is 4. The van der Waals surface area contributed by atoms with E-state index in [1.807, 2.05) is 0 Å². The normalized spacial score (nSPS) is 29.7. The van der Waals surface area contributed by atoms with Crippen LogP contribution in [0.25, 0.3) is 0 Å². The zero-order valence-electron chi connectivity index (χ0n) is 14.2. The molecule has 2 rings (SSSR count). The third-order valence-electron chi connectivity index (χ3n) is 4.92. The first-order valence-electron chi connectivity index (χ1n) is 8.58. The highest BCUT2D eigenvalue weighted by Crippen LogP contribution is 2.31. The molecule has 1 atom stereocenters. The van der Waals surface area contributed by atoms with Crippen LogP contribution in [0, 0.1) is 11.3 Å². The number of likely N-dealkylation sites (tertiary alicyclic amines) is 1. The summed E-state index contributed by atoms with van der Waals surface area (Å²) in [4.78, 5) is 2.59. The number of rotatable bonds is 5. The van der Waals surface area contributed by atoms with Crippen molar-refractivity contribution in [1.82, 2.24) is 10.2 Å². The molecule has 0 aliphatic carbocycles. The average molecular weight is 298 g/mol.